The molecule has 1 N–H and O–H groups in total. The largest absolute Gasteiger partial charge is 0.454 e. The van der Waals surface area contributed by atoms with Crippen LogP contribution in [0.15, 0.2) is 42.5 Å². The second-order valence-corrected chi connectivity index (χ2v) is 8.33. The topological polar surface area (TPSA) is 41.9 Å². The first-order valence-corrected chi connectivity index (χ1v) is 10.2. The second-order valence-electron chi connectivity index (χ2n) is 8.33. The predicted octanol–water partition coefficient (Wildman–Crippen LogP) is 4.42. The average Bonchev–Trinajstić information content (AvgIpc) is 3.17. The van der Waals surface area contributed by atoms with E-state index in [4.69, 9.17) is 9.47 Å². The lowest BCUT2D eigenvalue weighted by molar-refractivity contribution is -0.126. The van der Waals surface area contributed by atoms with Gasteiger partial charge in [-0.1, -0.05) is 37.1 Å². The highest BCUT2D eigenvalue weighted by atomic mass is 19.1. The van der Waals surface area contributed by atoms with E-state index in [-0.39, 0.29) is 24.6 Å². The van der Waals surface area contributed by atoms with Gasteiger partial charge in [0, 0.05) is 30.6 Å². The summed E-state index contributed by atoms with van der Waals surface area (Å²) in [5, 5.41) is 11.4. The van der Waals surface area contributed by atoms with Crippen LogP contribution in [-0.4, -0.2) is 28.9 Å². The van der Waals surface area contributed by atoms with E-state index >= 15 is 0 Å². The van der Waals surface area contributed by atoms with Gasteiger partial charge in [0.25, 0.3) is 0 Å². The molecular weight excluding hydrogens is 357 g/mol. The molecule has 2 heterocycles. The van der Waals surface area contributed by atoms with Gasteiger partial charge in [-0.3, -0.25) is 4.90 Å². The number of benzene rings is 2. The quantitative estimate of drug-likeness (QED) is 0.852. The molecule has 5 heteroatoms. The lowest BCUT2D eigenvalue weighted by Gasteiger charge is -2.52. The van der Waals surface area contributed by atoms with Crippen molar-refractivity contribution in [2.45, 2.75) is 50.3 Å². The van der Waals surface area contributed by atoms with E-state index in [1.807, 2.05) is 24.3 Å². The van der Waals surface area contributed by atoms with Crippen LogP contribution in [0.3, 0.4) is 0 Å². The smallest absolute Gasteiger partial charge is 0.231 e. The molecule has 1 aliphatic carbocycles. The van der Waals surface area contributed by atoms with E-state index in [0.717, 1.165) is 55.7 Å². The molecule has 2 aromatic rings. The van der Waals surface area contributed by atoms with Gasteiger partial charge in [-0.2, -0.15) is 0 Å². The second kappa shape index (κ2) is 7.05. The Morgan fingerprint density at radius 3 is 2.82 bits per heavy atom. The third kappa shape index (κ3) is 3.07. The van der Waals surface area contributed by atoms with Gasteiger partial charge in [0.05, 0.1) is 5.60 Å². The third-order valence-electron chi connectivity index (χ3n) is 6.74. The van der Waals surface area contributed by atoms with Crippen molar-refractivity contribution in [3.63, 3.8) is 0 Å². The number of hydrogen-bond donors (Lipinski definition) is 1. The van der Waals surface area contributed by atoms with E-state index < -0.39 is 5.60 Å². The molecule has 3 atom stereocenters. The van der Waals surface area contributed by atoms with Crippen molar-refractivity contribution in [2.75, 3.05) is 13.3 Å². The summed E-state index contributed by atoms with van der Waals surface area (Å²) in [5.74, 6) is 1.49. The fourth-order valence-corrected chi connectivity index (χ4v) is 5.31. The summed E-state index contributed by atoms with van der Waals surface area (Å²) >= 11 is 0. The Bertz CT molecular complexity index is 873. The first kappa shape index (κ1) is 18.0. The highest BCUT2D eigenvalue weighted by Gasteiger charge is 2.49. The van der Waals surface area contributed by atoms with Gasteiger partial charge < -0.3 is 14.6 Å². The fraction of sp³-hybridized carbons (Fsp3) is 0.478. The number of aliphatic hydroxyl groups is 1. The van der Waals surface area contributed by atoms with Crippen LogP contribution >= 0.6 is 0 Å². The Balaban J connectivity index is 1.53. The molecule has 0 bridgehead atoms. The normalized spacial score (nSPS) is 29.5. The Morgan fingerprint density at radius 2 is 1.93 bits per heavy atom. The molecule has 1 saturated heterocycles. The van der Waals surface area contributed by atoms with Gasteiger partial charge in [-0.05, 0) is 43.0 Å². The van der Waals surface area contributed by atoms with Crippen LogP contribution in [0.4, 0.5) is 4.39 Å². The van der Waals surface area contributed by atoms with Crippen molar-refractivity contribution in [3.8, 4) is 11.5 Å². The Labute approximate surface area is 164 Å². The lowest BCUT2D eigenvalue weighted by Crippen LogP contribution is -2.54. The number of hydrogen-bond acceptors (Lipinski definition) is 4. The molecule has 1 saturated carbocycles. The van der Waals surface area contributed by atoms with Crippen LogP contribution < -0.4 is 9.47 Å². The minimum Gasteiger partial charge on any atom is -0.454 e. The molecule has 4 nitrogen and oxygen atoms in total. The molecule has 0 spiro atoms. The van der Waals surface area contributed by atoms with E-state index in [2.05, 4.69) is 11.0 Å². The zero-order chi connectivity index (χ0) is 19.1. The van der Waals surface area contributed by atoms with E-state index in [0.29, 0.717) is 12.1 Å². The molecular formula is C23H26FNO3. The first-order chi connectivity index (χ1) is 13.6. The van der Waals surface area contributed by atoms with E-state index in [1.165, 1.54) is 6.07 Å². The van der Waals surface area contributed by atoms with Crippen LogP contribution in [0, 0.1) is 11.7 Å². The monoisotopic (exact) mass is 383 g/mol. The molecule has 148 valence electrons. The minimum atomic E-state index is -0.634. The number of likely N-dealkylation sites (tertiary alicyclic amines) is 1. The predicted molar refractivity (Wildman–Crippen MR) is 104 cm³/mol. The zero-order valence-electron chi connectivity index (χ0n) is 15.9. The van der Waals surface area contributed by atoms with Gasteiger partial charge in [0.15, 0.2) is 11.5 Å². The van der Waals surface area contributed by atoms with Crippen molar-refractivity contribution in [2.24, 2.45) is 5.92 Å². The summed E-state index contributed by atoms with van der Waals surface area (Å²) in [7, 11) is 0. The Hall–Kier alpha value is -2.11. The first-order valence-electron chi connectivity index (χ1n) is 10.2. The molecule has 5 rings (SSSR count). The molecule has 3 aliphatic rings. The summed E-state index contributed by atoms with van der Waals surface area (Å²) < 4.78 is 25.4. The molecule has 0 aromatic heterocycles. The number of fused-ring (bicyclic) bond motifs is 2. The van der Waals surface area contributed by atoms with Crippen molar-refractivity contribution < 1.29 is 19.0 Å². The number of ether oxygens (including phenoxy) is 2. The molecule has 0 amide bonds. The summed E-state index contributed by atoms with van der Waals surface area (Å²) in [4.78, 5) is 2.33. The summed E-state index contributed by atoms with van der Waals surface area (Å²) in [6.07, 6.45) is 4.79. The van der Waals surface area contributed by atoms with E-state index in [9.17, 15) is 9.50 Å². The van der Waals surface area contributed by atoms with Crippen molar-refractivity contribution >= 4 is 0 Å². The maximum atomic E-state index is 14.3. The molecule has 0 unspecified atom stereocenters. The number of rotatable bonds is 3. The number of nitrogens with zero attached hydrogens (tertiary/aromatic N) is 1. The van der Waals surface area contributed by atoms with Crippen molar-refractivity contribution in [1.82, 2.24) is 4.90 Å². The van der Waals surface area contributed by atoms with Crippen LogP contribution in [0.1, 0.15) is 49.3 Å². The van der Waals surface area contributed by atoms with Gasteiger partial charge in [0.1, 0.15) is 5.82 Å². The van der Waals surface area contributed by atoms with Crippen LogP contribution in [-0.2, 0) is 6.54 Å². The Kier molecular flexibility index (Phi) is 4.52. The third-order valence-corrected chi connectivity index (χ3v) is 6.74. The summed E-state index contributed by atoms with van der Waals surface area (Å²) in [6.45, 7) is 1.54. The number of halogens is 1. The Morgan fingerprint density at radius 1 is 1.07 bits per heavy atom. The average molecular weight is 383 g/mol. The maximum Gasteiger partial charge on any atom is 0.231 e. The van der Waals surface area contributed by atoms with Crippen LogP contribution in [0.25, 0.3) is 0 Å². The van der Waals surface area contributed by atoms with Gasteiger partial charge in [0.2, 0.25) is 6.79 Å². The maximum absolute atomic E-state index is 14.3. The zero-order valence-corrected chi connectivity index (χ0v) is 15.9. The number of piperidine rings is 1. The summed E-state index contributed by atoms with van der Waals surface area (Å²) in [6, 6.07) is 13.1. The minimum absolute atomic E-state index is 0.0353. The fourth-order valence-electron chi connectivity index (χ4n) is 5.31. The molecule has 2 fully saturated rings. The van der Waals surface area contributed by atoms with Gasteiger partial charge in [-0.15, -0.1) is 0 Å². The highest BCUT2D eigenvalue weighted by molar-refractivity contribution is 5.45. The van der Waals surface area contributed by atoms with Crippen molar-refractivity contribution in [3.05, 3.63) is 59.4 Å². The van der Waals surface area contributed by atoms with Gasteiger partial charge >= 0.3 is 0 Å². The van der Waals surface area contributed by atoms with Gasteiger partial charge in [-0.25, -0.2) is 4.39 Å². The van der Waals surface area contributed by atoms with Crippen LogP contribution in [0.2, 0.25) is 0 Å². The SMILES string of the molecule is O[C@]12CCCC[C@H]1[C@@H](c1ccc3c(c1)OCO3)N(Cc1ccccc1F)CC2. The van der Waals surface area contributed by atoms with Crippen molar-refractivity contribution in [1.29, 1.82) is 0 Å². The van der Waals surface area contributed by atoms with Crippen LogP contribution in [0.5, 0.6) is 11.5 Å². The standard InChI is InChI=1S/C23H26FNO3/c24-19-7-2-1-5-17(19)14-25-12-11-23(26)10-4-3-6-18(23)22(25)16-8-9-20-21(13-16)28-15-27-20/h1-2,5,7-9,13,18,22,26H,3-4,6,10-12,14-15H2/t18-,22+,23-/m0/s1. The molecule has 2 aromatic carbocycles. The summed E-state index contributed by atoms with van der Waals surface area (Å²) in [5.41, 5.74) is 1.19. The molecule has 0 radical (unpaired) electrons. The molecule has 2 aliphatic heterocycles. The highest BCUT2D eigenvalue weighted by Crippen LogP contribution is 2.50. The van der Waals surface area contributed by atoms with E-state index in [1.54, 1.807) is 6.07 Å². The molecule has 28 heavy (non-hydrogen) atoms. The lowest BCUT2D eigenvalue weighted by atomic mass is 9.66.